The molecule has 0 bridgehead atoms. The second-order valence-corrected chi connectivity index (χ2v) is 4.94. The Morgan fingerprint density at radius 3 is 2.56 bits per heavy atom. The highest BCUT2D eigenvalue weighted by atomic mass is 16.5. The zero-order chi connectivity index (χ0) is 11.5. The fraction of sp³-hybridized carbons (Fsp3) is 0.571. The lowest BCUT2D eigenvalue weighted by Crippen LogP contribution is -2.44. The predicted octanol–water partition coefficient (Wildman–Crippen LogP) is 2.60. The van der Waals surface area contributed by atoms with Crippen LogP contribution in [0.4, 0.5) is 0 Å². The summed E-state index contributed by atoms with van der Waals surface area (Å²) >= 11 is 0. The molecule has 1 aliphatic heterocycles. The van der Waals surface area contributed by atoms with Crippen molar-refractivity contribution in [1.82, 2.24) is 4.90 Å². The lowest BCUT2D eigenvalue weighted by Gasteiger charge is -2.35. The molecule has 0 spiro atoms. The first-order valence-electron chi connectivity index (χ1n) is 6.07. The van der Waals surface area contributed by atoms with E-state index in [1.165, 1.54) is 11.1 Å². The maximum absolute atomic E-state index is 5.74. The predicted molar refractivity (Wildman–Crippen MR) is 66.5 cm³/mol. The van der Waals surface area contributed by atoms with Gasteiger partial charge >= 0.3 is 0 Å². The minimum Gasteiger partial charge on any atom is -0.373 e. The quantitative estimate of drug-likeness (QED) is 0.758. The van der Waals surface area contributed by atoms with Crippen LogP contribution in [0.2, 0.25) is 0 Å². The van der Waals surface area contributed by atoms with E-state index in [2.05, 4.69) is 49.9 Å². The molecule has 1 aliphatic rings. The summed E-state index contributed by atoms with van der Waals surface area (Å²) in [5.41, 5.74) is 2.74. The van der Waals surface area contributed by atoms with E-state index < -0.39 is 0 Å². The Labute approximate surface area is 98.2 Å². The average Bonchev–Trinajstić information content (AvgIpc) is 2.15. The van der Waals surface area contributed by atoms with Crippen LogP contribution in [0.1, 0.15) is 25.0 Å². The summed E-state index contributed by atoms with van der Waals surface area (Å²) in [4.78, 5) is 2.48. The third kappa shape index (κ3) is 3.06. The number of nitrogens with zero attached hydrogens (tertiary/aromatic N) is 1. The van der Waals surface area contributed by atoms with Crippen LogP contribution < -0.4 is 0 Å². The van der Waals surface area contributed by atoms with Gasteiger partial charge in [0.25, 0.3) is 0 Å². The minimum absolute atomic E-state index is 0.355. The molecule has 88 valence electrons. The van der Waals surface area contributed by atoms with Crippen LogP contribution in [0.5, 0.6) is 0 Å². The second kappa shape index (κ2) is 4.98. The van der Waals surface area contributed by atoms with E-state index in [9.17, 15) is 0 Å². The number of morpholine rings is 1. The van der Waals surface area contributed by atoms with E-state index in [-0.39, 0.29) is 0 Å². The van der Waals surface area contributed by atoms with Gasteiger partial charge in [-0.1, -0.05) is 29.8 Å². The van der Waals surface area contributed by atoms with Crippen LogP contribution in [0.15, 0.2) is 24.3 Å². The highest BCUT2D eigenvalue weighted by Gasteiger charge is 2.21. The fourth-order valence-electron chi connectivity index (χ4n) is 2.48. The molecule has 1 heterocycles. The van der Waals surface area contributed by atoms with E-state index in [1.54, 1.807) is 0 Å². The molecule has 1 saturated heterocycles. The Hall–Kier alpha value is -0.860. The summed E-state index contributed by atoms with van der Waals surface area (Å²) in [7, 11) is 0. The fourth-order valence-corrected chi connectivity index (χ4v) is 2.48. The van der Waals surface area contributed by atoms with E-state index in [4.69, 9.17) is 4.74 Å². The smallest absolute Gasteiger partial charge is 0.0678 e. The first-order valence-corrected chi connectivity index (χ1v) is 6.07. The average molecular weight is 219 g/mol. The monoisotopic (exact) mass is 219 g/mol. The van der Waals surface area contributed by atoms with Gasteiger partial charge in [0.1, 0.15) is 0 Å². The van der Waals surface area contributed by atoms with Crippen LogP contribution >= 0.6 is 0 Å². The highest BCUT2D eigenvalue weighted by molar-refractivity contribution is 5.22. The van der Waals surface area contributed by atoms with Gasteiger partial charge in [0.05, 0.1) is 12.2 Å². The number of hydrogen-bond acceptors (Lipinski definition) is 2. The third-order valence-electron chi connectivity index (χ3n) is 2.98. The minimum atomic E-state index is 0.355. The van der Waals surface area contributed by atoms with Crippen LogP contribution in [-0.4, -0.2) is 30.2 Å². The van der Waals surface area contributed by atoms with Crippen molar-refractivity contribution in [3.8, 4) is 0 Å². The van der Waals surface area contributed by atoms with Gasteiger partial charge in [0, 0.05) is 19.6 Å². The summed E-state index contributed by atoms with van der Waals surface area (Å²) < 4.78 is 5.74. The standard InChI is InChI=1S/C14H21NO/c1-11-5-4-6-14(7-11)10-15-8-12(2)16-13(3)9-15/h4-7,12-13H,8-10H2,1-3H3/t12-,13-/m0/s1. The number of ether oxygens (including phenoxy) is 1. The topological polar surface area (TPSA) is 12.5 Å². The number of aryl methyl sites for hydroxylation is 1. The van der Waals surface area contributed by atoms with Crippen molar-refractivity contribution in [3.05, 3.63) is 35.4 Å². The van der Waals surface area contributed by atoms with E-state index in [1.807, 2.05) is 0 Å². The molecular weight excluding hydrogens is 198 g/mol. The Morgan fingerprint density at radius 2 is 1.94 bits per heavy atom. The molecule has 2 rings (SSSR count). The molecule has 1 aromatic rings. The van der Waals surface area contributed by atoms with Crippen molar-refractivity contribution in [3.63, 3.8) is 0 Å². The van der Waals surface area contributed by atoms with Gasteiger partial charge in [0.2, 0.25) is 0 Å². The van der Waals surface area contributed by atoms with Crippen molar-refractivity contribution in [2.24, 2.45) is 0 Å². The molecule has 16 heavy (non-hydrogen) atoms. The molecule has 1 fully saturated rings. The summed E-state index contributed by atoms with van der Waals surface area (Å²) in [6.07, 6.45) is 0.710. The Balaban J connectivity index is 1.98. The SMILES string of the molecule is Cc1cccc(CN2C[C@H](C)O[C@@H](C)C2)c1. The molecule has 2 heteroatoms. The van der Waals surface area contributed by atoms with Crippen molar-refractivity contribution in [2.45, 2.75) is 39.5 Å². The van der Waals surface area contributed by atoms with Crippen molar-refractivity contribution >= 4 is 0 Å². The molecule has 0 unspecified atom stereocenters. The van der Waals surface area contributed by atoms with Crippen LogP contribution in [0.25, 0.3) is 0 Å². The summed E-state index contributed by atoms with van der Waals surface area (Å²) in [6, 6.07) is 8.76. The molecule has 0 saturated carbocycles. The van der Waals surface area contributed by atoms with E-state index in [0.29, 0.717) is 12.2 Å². The van der Waals surface area contributed by atoms with E-state index in [0.717, 1.165) is 19.6 Å². The largest absolute Gasteiger partial charge is 0.373 e. The zero-order valence-electron chi connectivity index (χ0n) is 10.4. The van der Waals surface area contributed by atoms with Gasteiger partial charge in [-0.3, -0.25) is 4.90 Å². The lowest BCUT2D eigenvalue weighted by atomic mass is 10.1. The molecule has 2 atom stereocenters. The number of rotatable bonds is 2. The van der Waals surface area contributed by atoms with Crippen molar-refractivity contribution < 1.29 is 4.74 Å². The molecule has 0 N–H and O–H groups in total. The highest BCUT2D eigenvalue weighted by Crippen LogP contribution is 2.14. The summed E-state index contributed by atoms with van der Waals surface area (Å²) in [5.74, 6) is 0. The molecule has 1 aromatic carbocycles. The van der Waals surface area contributed by atoms with Crippen LogP contribution in [0, 0.1) is 6.92 Å². The third-order valence-corrected chi connectivity index (χ3v) is 2.98. The summed E-state index contributed by atoms with van der Waals surface area (Å²) in [6.45, 7) is 9.57. The first-order chi connectivity index (χ1) is 7.63. The molecular formula is C14H21NO. The maximum atomic E-state index is 5.74. The van der Waals surface area contributed by atoms with Gasteiger partial charge in [-0.25, -0.2) is 0 Å². The number of benzene rings is 1. The van der Waals surface area contributed by atoms with Crippen LogP contribution in [-0.2, 0) is 11.3 Å². The van der Waals surface area contributed by atoms with Gasteiger partial charge in [-0.2, -0.15) is 0 Å². The van der Waals surface area contributed by atoms with Gasteiger partial charge in [-0.05, 0) is 26.3 Å². The van der Waals surface area contributed by atoms with Crippen molar-refractivity contribution in [2.75, 3.05) is 13.1 Å². The van der Waals surface area contributed by atoms with Gasteiger partial charge < -0.3 is 4.74 Å². The zero-order valence-corrected chi connectivity index (χ0v) is 10.4. The van der Waals surface area contributed by atoms with Gasteiger partial charge in [-0.15, -0.1) is 0 Å². The normalized spacial score (nSPS) is 26.9. The first kappa shape index (κ1) is 11.6. The lowest BCUT2D eigenvalue weighted by molar-refractivity contribution is -0.0704. The summed E-state index contributed by atoms with van der Waals surface area (Å²) in [5, 5.41) is 0. The molecule has 2 nitrogen and oxygen atoms in total. The van der Waals surface area contributed by atoms with Crippen molar-refractivity contribution in [1.29, 1.82) is 0 Å². The second-order valence-electron chi connectivity index (χ2n) is 4.94. The maximum Gasteiger partial charge on any atom is 0.0678 e. The van der Waals surface area contributed by atoms with E-state index >= 15 is 0 Å². The van der Waals surface area contributed by atoms with Crippen LogP contribution in [0.3, 0.4) is 0 Å². The molecule has 0 amide bonds. The molecule has 0 aliphatic carbocycles. The molecule has 0 aromatic heterocycles. The Bertz CT molecular complexity index is 340. The Morgan fingerprint density at radius 1 is 1.25 bits per heavy atom. The Kier molecular flexibility index (Phi) is 3.62. The van der Waals surface area contributed by atoms with Gasteiger partial charge in [0.15, 0.2) is 0 Å². The number of hydrogen-bond donors (Lipinski definition) is 0. The molecule has 0 radical (unpaired) electrons.